The molecule has 0 bridgehead atoms. The van der Waals surface area contributed by atoms with Crippen molar-refractivity contribution in [2.45, 2.75) is 261 Å². The van der Waals surface area contributed by atoms with Crippen LogP contribution in [0.1, 0.15) is 181 Å². The van der Waals surface area contributed by atoms with Crippen LogP contribution in [0.25, 0.3) is 0 Å². The number of hydrogen-bond acceptors (Lipinski definition) is 17. The van der Waals surface area contributed by atoms with E-state index in [1.54, 1.807) is 113 Å². The molecule has 0 aromatic heterocycles. The van der Waals surface area contributed by atoms with Gasteiger partial charge in [-0.15, -0.1) is 0 Å². The molecule has 572 valence electrons. The number of nitrogens with zero attached hydrogens (tertiary/aromatic N) is 1. The van der Waals surface area contributed by atoms with Crippen molar-refractivity contribution in [2.75, 3.05) is 19.6 Å². The van der Waals surface area contributed by atoms with Crippen LogP contribution >= 0.6 is 0 Å². The van der Waals surface area contributed by atoms with Crippen LogP contribution < -0.4 is 69.5 Å². The molecular formula is C72H118N14O16. The first-order valence-electron chi connectivity index (χ1n) is 36.1. The lowest BCUT2D eigenvalue weighted by Gasteiger charge is -2.33. The Hall–Kier alpha value is -8.54. The van der Waals surface area contributed by atoms with Crippen molar-refractivity contribution in [3.63, 3.8) is 0 Å². The fourth-order valence-corrected chi connectivity index (χ4v) is 11.6. The van der Waals surface area contributed by atoms with Crippen molar-refractivity contribution in [3.8, 4) is 0 Å². The molecule has 0 radical (unpaired) electrons. The Morgan fingerprint density at radius 3 is 1.79 bits per heavy atom. The fraction of sp³-hybridized carbons (Fsp3) is 0.694. The summed E-state index contributed by atoms with van der Waals surface area (Å²) in [6, 6.07) is -6.55. The van der Waals surface area contributed by atoms with Gasteiger partial charge in [-0.2, -0.15) is 0 Å². The van der Waals surface area contributed by atoms with Gasteiger partial charge in [0.25, 0.3) is 5.91 Å². The molecule has 3 rings (SSSR count). The van der Waals surface area contributed by atoms with Gasteiger partial charge in [0.05, 0.1) is 12.6 Å². The van der Waals surface area contributed by atoms with E-state index >= 15 is 9.59 Å². The molecule has 2 aliphatic heterocycles. The van der Waals surface area contributed by atoms with Gasteiger partial charge in [-0.25, -0.2) is 4.79 Å². The summed E-state index contributed by atoms with van der Waals surface area (Å²) in [6.45, 7) is 27.8. The zero-order valence-electron chi connectivity index (χ0n) is 62.8. The third-order valence-corrected chi connectivity index (χ3v) is 18.5. The van der Waals surface area contributed by atoms with E-state index in [0.29, 0.717) is 30.7 Å². The molecular weight excluding hydrogens is 1320 g/mol. The summed E-state index contributed by atoms with van der Waals surface area (Å²) >= 11 is 0. The van der Waals surface area contributed by atoms with Gasteiger partial charge in [-0.3, -0.25) is 62.3 Å². The van der Waals surface area contributed by atoms with Gasteiger partial charge in [0.15, 0.2) is 0 Å². The van der Waals surface area contributed by atoms with Gasteiger partial charge >= 0.3 is 5.97 Å². The molecule has 2 heterocycles. The van der Waals surface area contributed by atoms with Gasteiger partial charge in [-0.05, 0) is 106 Å². The van der Waals surface area contributed by atoms with Crippen molar-refractivity contribution >= 4 is 82.8 Å². The largest absolute Gasteiger partial charge is 0.458 e. The minimum atomic E-state index is -1.82. The molecule has 1 aromatic carbocycles. The number of nitrogens with one attached hydrogen (secondary N) is 12. The second kappa shape index (κ2) is 42.8. The number of amides is 13. The normalized spacial score (nSPS) is 22.5. The Bertz CT molecular complexity index is 3070. The summed E-state index contributed by atoms with van der Waals surface area (Å²) in [5.74, 6) is -14.7. The van der Waals surface area contributed by atoms with Crippen molar-refractivity contribution in [3.05, 3.63) is 47.7 Å². The van der Waals surface area contributed by atoms with Gasteiger partial charge < -0.3 is 84.3 Å². The van der Waals surface area contributed by atoms with Crippen LogP contribution in [-0.2, 0) is 78.3 Å². The number of ether oxygens (including phenoxy) is 1. The lowest BCUT2D eigenvalue weighted by atomic mass is 9.95. The van der Waals surface area contributed by atoms with Gasteiger partial charge in [0, 0.05) is 19.4 Å². The number of carbonyl (C=O) groups is 14. The smallest absolute Gasteiger partial charge is 0.329 e. The Morgan fingerprint density at radius 2 is 1.24 bits per heavy atom. The maximum Gasteiger partial charge on any atom is 0.329 e. The van der Waals surface area contributed by atoms with Crippen LogP contribution in [0.2, 0.25) is 0 Å². The topological polar surface area (TPSA) is 442 Å². The molecule has 1 aromatic rings. The summed E-state index contributed by atoms with van der Waals surface area (Å²) in [7, 11) is 0. The SMILES string of the molecule is C/C=C1\NC(=O)[C@H](Cc2ccccc2)NC(=O)[C@@H](C(C)C)NC(=O)[C@@H]([C@@H](C)CC)NC(=O)[C@H](NC(=O)[C@H](NC(=O)[C@H](CCCN)NC(=O)[C@H]2CCCN2C(=O)[C@H](NC(=O)[C@@H](NC(=O)[C@@H](NC(=O)CNC(=O)CCCC(C)C)[C@@H](C)O)C(C)C)C(C)C)[C@@H](C)CC)[C@@H](C)OC(=O)[C@H](C(C)C)NC1=O. The third-order valence-electron chi connectivity index (χ3n) is 18.5. The number of hydrogen-bond donors (Lipinski definition) is 14. The second-order valence-electron chi connectivity index (χ2n) is 28.7. The molecule has 15 N–H and O–H groups in total. The van der Waals surface area contributed by atoms with Gasteiger partial charge in [-0.1, -0.05) is 153 Å². The third kappa shape index (κ3) is 27.0. The first-order valence-corrected chi connectivity index (χ1v) is 36.1. The van der Waals surface area contributed by atoms with E-state index in [4.69, 9.17) is 10.5 Å². The predicted octanol–water partition coefficient (Wildman–Crippen LogP) is 0.812. The highest BCUT2D eigenvalue weighted by molar-refractivity contribution is 6.03. The van der Waals surface area contributed by atoms with E-state index in [-0.39, 0.29) is 63.2 Å². The molecule has 2 saturated heterocycles. The zero-order chi connectivity index (χ0) is 77.0. The number of benzene rings is 1. The Morgan fingerprint density at radius 1 is 0.647 bits per heavy atom. The van der Waals surface area contributed by atoms with Crippen molar-refractivity contribution in [1.82, 2.24) is 68.7 Å². The van der Waals surface area contributed by atoms with E-state index in [2.05, 4.69) is 63.8 Å². The molecule has 2 fully saturated rings. The Labute approximate surface area is 601 Å². The highest BCUT2D eigenvalue weighted by atomic mass is 16.5. The Kier molecular flexibility index (Phi) is 36.8. The maximum atomic E-state index is 15.0. The lowest BCUT2D eigenvalue weighted by Crippen LogP contribution is -2.64. The molecule has 102 heavy (non-hydrogen) atoms. The van der Waals surface area contributed by atoms with Crippen molar-refractivity contribution in [2.24, 2.45) is 47.2 Å². The number of allylic oxidation sites excluding steroid dienone is 1. The second-order valence-corrected chi connectivity index (χ2v) is 28.7. The molecule has 15 atom stereocenters. The average Bonchev–Trinajstić information content (AvgIpc) is 1.32. The number of aliphatic hydroxyl groups is 1. The van der Waals surface area contributed by atoms with Crippen LogP contribution in [0.3, 0.4) is 0 Å². The summed E-state index contributed by atoms with van der Waals surface area (Å²) in [5, 5.41) is 42.5. The standard InChI is InChI=1S/C72H118N14O16/c1-18-42(14)57(68(97)85-60-45(17)102-72(101)56(41(12)13)82-61(90)47(20-3)75-63(92)49(35-46-28-22-21-23-29-46)77-65(94)53(38(6)7)79-67(96)58(43(15)19-2)84-70(60)99)83-62(91)48(30-25-33-73)76-64(93)50-31-26-34-86(50)71(100)55(40(10)11)81-66(95)54(39(8)9)80-69(98)59(44(16)87)78-52(89)36-74-51(88)32-24-27-37(4)5/h20-23,28-29,37-45,48-50,53-60,87H,18-19,24-27,30-36,73H2,1-17H3,(H,74,88)(H,75,92)(H,76,93)(H,77,94)(H,78,89)(H,79,96)(H,80,98)(H,81,95)(H,82,90)(H,83,91)(H,84,99)(H,85,97)/b47-20-/t42-,43-,44+,45+,48-,49-,50+,53+,54-,55+,56-,57+,58+,59-,60+/m0/s1. The summed E-state index contributed by atoms with van der Waals surface area (Å²) in [5.41, 5.74) is 6.32. The molecule has 0 spiro atoms. The molecule has 30 nitrogen and oxygen atoms in total. The number of carbonyl (C=O) groups excluding carboxylic acids is 14. The van der Waals surface area contributed by atoms with Crippen LogP contribution in [0.5, 0.6) is 0 Å². The molecule has 2 aliphatic rings. The van der Waals surface area contributed by atoms with Crippen LogP contribution in [0.15, 0.2) is 42.1 Å². The van der Waals surface area contributed by atoms with E-state index < -0.39 is 198 Å². The number of aliphatic hydroxyl groups excluding tert-OH is 1. The summed E-state index contributed by atoms with van der Waals surface area (Å²) in [6.07, 6.45) is 1.08. The van der Waals surface area contributed by atoms with Crippen LogP contribution in [0, 0.1) is 41.4 Å². The number of nitrogens with two attached hydrogens (primary N) is 1. The monoisotopic (exact) mass is 1430 g/mol. The van der Waals surface area contributed by atoms with Crippen LogP contribution in [0.4, 0.5) is 0 Å². The van der Waals surface area contributed by atoms with E-state index in [0.717, 1.165) is 6.42 Å². The number of rotatable bonds is 32. The molecule has 0 saturated carbocycles. The van der Waals surface area contributed by atoms with Crippen molar-refractivity contribution in [1.29, 1.82) is 0 Å². The highest BCUT2D eigenvalue weighted by Crippen LogP contribution is 2.23. The first kappa shape index (κ1) is 87.7. The summed E-state index contributed by atoms with van der Waals surface area (Å²) < 4.78 is 5.95. The van der Waals surface area contributed by atoms with Crippen LogP contribution in [-0.4, -0.2) is 191 Å². The zero-order valence-corrected chi connectivity index (χ0v) is 62.8. The molecule has 0 aliphatic carbocycles. The van der Waals surface area contributed by atoms with Gasteiger partial charge in [0.2, 0.25) is 70.9 Å². The molecule has 30 heteroatoms. The van der Waals surface area contributed by atoms with E-state index in [9.17, 15) is 62.6 Å². The quantitative estimate of drug-likeness (QED) is 0.0351. The van der Waals surface area contributed by atoms with E-state index in [1.165, 1.54) is 31.7 Å². The minimum Gasteiger partial charge on any atom is -0.458 e. The fourth-order valence-electron chi connectivity index (χ4n) is 11.6. The predicted molar refractivity (Wildman–Crippen MR) is 382 cm³/mol. The van der Waals surface area contributed by atoms with Gasteiger partial charge in [0.1, 0.15) is 78.3 Å². The average molecular weight is 1440 g/mol. The number of likely N-dealkylation sites (tertiary alicyclic amines) is 1. The highest BCUT2D eigenvalue weighted by Gasteiger charge is 2.44. The Balaban J connectivity index is 1.99. The summed E-state index contributed by atoms with van der Waals surface area (Å²) in [4.78, 5) is 200. The van der Waals surface area contributed by atoms with E-state index in [1.807, 2.05) is 13.8 Å². The minimum absolute atomic E-state index is 0.0349. The maximum absolute atomic E-state index is 15.0. The molecule has 0 unspecified atom stereocenters. The number of cyclic esters (lactones) is 1. The lowest BCUT2D eigenvalue weighted by molar-refractivity contribution is -0.157. The van der Waals surface area contributed by atoms with Crippen molar-refractivity contribution < 1.29 is 77.0 Å². The first-order chi connectivity index (χ1) is 47.9. The molecule has 13 amide bonds. The number of esters is 1.